The van der Waals surface area contributed by atoms with Crippen LogP contribution in [0.15, 0.2) is 134 Å². The Morgan fingerprint density at radius 3 is 1.64 bits per heavy atom. The standard InChI is InChI=1S/C34H22N2/c1-2-10-26-23(8-1)9-7-15-27(26)34-30-13-5-3-11-28(30)33(29-12-4-6-14-31(29)34)25-16-17-32(36-22-25)24-18-20-35-21-19-24/h1-22H. The lowest BCUT2D eigenvalue weighted by atomic mass is 9.85. The van der Waals surface area contributed by atoms with Crippen LogP contribution < -0.4 is 0 Å². The maximum atomic E-state index is 4.83. The van der Waals surface area contributed by atoms with Gasteiger partial charge in [-0.15, -0.1) is 0 Å². The molecule has 2 heteroatoms. The van der Waals surface area contributed by atoms with Crippen molar-refractivity contribution in [3.8, 4) is 33.5 Å². The molecule has 0 fully saturated rings. The molecule has 0 saturated heterocycles. The average molecular weight is 459 g/mol. The minimum atomic E-state index is 0.946. The average Bonchev–Trinajstić information content (AvgIpc) is 2.96. The zero-order chi connectivity index (χ0) is 23.9. The molecule has 0 saturated carbocycles. The van der Waals surface area contributed by atoms with Crippen LogP contribution in [0.4, 0.5) is 0 Å². The molecule has 0 spiro atoms. The molecule has 0 aliphatic rings. The second-order valence-corrected chi connectivity index (χ2v) is 9.04. The Morgan fingerprint density at radius 2 is 1.00 bits per heavy atom. The highest BCUT2D eigenvalue weighted by Crippen LogP contribution is 2.45. The second-order valence-electron chi connectivity index (χ2n) is 9.04. The molecule has 0 amide bonds. The first kappa shape index (κ1) is 20.5. The summed E-state index contributed by atoms with van der Waals surface area (Å²) in [5.41, 5.74) is 6.89. The van der Waals surface area contributed by atoms with Crippen molar-refractivity contribution in [1.29, 1.82) is 0 Å². The monoisotopic (exact) mass is 458 g/mol. The van der Waals surface area contributed by atoms with E-state index in [9.17, 15) is 0 Å². The summed E-state index contributed by atoms with van der Waals surface area (Å²) in [5, 5.41) is 7.49. The zero-order valence-electron chi connectivity index (χ0n) is 19.6. The van der Waals surface area contributed by atoms with Gasteiger partial charge in [0.1, 0.15) is 0 Å². The van der Waals surface area contributed by atoms with Crippen molar-refractivity contribution in [3.63, 3.8) is 0 Å². The summed E-state index contributed by atoms with van der Waals surface area (Å²) in [4.78, 5) is 8.96. The van der Waals surface area contributed by atoms with Gasteiger partial charge in [-0.25, -0.2) is 0 Å². The van der Waals surface area contributed by atoms with Crippen LogP contribution in [0.25, 0.3) is 65.8 Å². The van der Waals surface area contributed by atoms with Crippen molar-refractivity contribution in [3.05, 3.63) is 134 Å². The highest BCUT2D eigenvalue weighted by Gasteiger charge is 2.17. The van der Waals surface area contributed by atoms with E-state index in [0.717, 1.165) is 16.8 Å². The van der Waals surface area contributed by atoms with Gasteiger partial charge >= 0.3 is 0 Å². The molecule has 0 bridgehead atoms. The summed E-state index contributed by atoms with van der Waals surface area (Å²) in [7, 11) is 0. The first-order valence-corrected chi connectivity index (χ1v) is 12.2. The van der Waals surface area contributed by atoms with Crippen LogP contribution in [0.3, 0.4) is 0 Å². The van der Waals surface area contributed by atoms with E-state index in [4.69, 9.17) is 4.98 Å². The molecule has 2 nitrogen and oxygen atoms in total. The van der Waals surface area contributed by atoms with Gasteiger partial charge in [0.25, 0.3) is 0 Å². The van der Waals surface area contributed by atoms with E-state index in [1.54, 1.807) is 12.4 Å². The normalized spacial score (nSPS) is 11.3. The van der Waals surface area contributed by atoms with E-state index in [2.05, 4.69) is 108 Å². The fourth-order valence-corrected chi connectivity index (χ4v) is 5.41. The summed E-state index contributed by atoms with van der Waals surface area (Å²) in [6.07, 6.45) is 5.61. The molecule has 0 radical (unpaired) electrons. The Labute approximate surface area is 209 Å². The molecule has 2 aromatic heterocycles. The lowest BCUT2D eigenvalue weighted by Crippen LogP contribution is -1.92. The van der Waals surface area contributed by atoms with Crippen molar-refractivity contribution in [2.45, 2.75) is 0 Å². The summed E-state index contributed by atoms with van der Waals surface area (Å²) in [6.45, 7) is 0. The fraction of sp³-hybridized carbons (Fsp3) is 0. The third-order valence-electron chi connectivity index (χ3n) is 7.02. The number of nitrogens with zero attached hydrogens (tertiary/aromatic N) is 2. The van der Waals surface area contributed by atoms with Gasteiger partial charge in [0.15, 0.2) is 0 Å². The molecule has 168 valence electrons. The Morgan fingerprint density at radius 1 is 0.417 bits per heavy atom. The fourth-order valence-electron chi connectivity index (χ4n) is 5.41. The maximum Gasteiger partial charge on any atom is 0.0703 e. The quantitative estimate of drug-likeness (QED) is 0.247. The Kier molecular flexibility index (Phi) is 4.82. The zero-order valence-corrected chi connectivity index (χ0v) is 19.6. The van der Waals surface area contributed by atoms with Crippen molar-refractivity contribution < 1.29 is 0 Å². The number of fused-ring (bicyclic) bond motifs is 3. The maximum absolute atomic E-state index is 4.83. The van der Waals surface area contributed by atoms with E-state index < -0.39 is 0 Å². The van der Waals surface area contributed by atoms with Crippen LogP contribution in [0.5, 0.6) is 0 Å². The molecule has 0 unspecified atom stereocenters. The van der Waals surface area contributed by atoms with Crippen LogP contribution in [-0.2, 0) is 0 Å². The Balaban J connectivity index is 1.54. The van der Waals surface area contributed by atoms with Gasteiger partial charge in [0.2, 0.25) is 0 Å². The van der Waals surface area contributed by atoms with Gasteiger partial charge in [-0.1, -0.05) is 97.1 Å². The van der Waals surface area contributed by atoms with Gasteiger partial charge < -0.3 is 0 Å². The van der Waals surface area contributed by atoms with Crippen LogP contribution in [0, 0.1) is 0 Å². The molecule has 7 aromatic rings. The topological polar surface area (TPSA) is 25.8 Å². The summed E-state index contributed by atoms with van der Waals surface area (Å²) in [5.74, 6) is 0. The van der Waals surface area contributed by atoms with Gasteiger partial charge in [-0.05, 0) is 67.2 Å². The van der Waals surface area contributed by atoms with Crippen molar-refractivity contribution in [2.75, 3.05) is 0 Å². The minimum Gasteiger partial charge on any atom is -0.265 e. The summed E-state index contributed by atoms with van der Waals surface area (Å²) < 4.78 is 0. The number of hydrogen-bond acceptors (Lipinski definition) is 2. The third kappa shape index (κ3) is 3.27. The van der Waals surface area contributed by atoms with Crippen LogP contribution >= 0.6 is 0 Å². The predicted octanol–water partition coefficient (Wildman–Crippen LogP) is 8.94. The first-order chi connectivity index (χ1) is 17.9. The predicted molar refractivity (Wildman–Crippen MR) is 151 cm³/mol. The third-order valence-corrected chi connectivity index (χ3v) is 7.02. The van der Waals surface area contributed by atoms with E-state index >= 15 is 0 Å². The lowest BCUT2D eigenvalue weighted by Gasteiger charge is -2.18. The SMILES string of the molecule is c1ccc2c(-c3c4ccccc4c(-c4ccc(-c5ccncc5)nc4)c4ccccc34)cccc2c1. The summed E-state index contributed by atoms with van der Waals surface area (Å²) >= 11 is 0. The molecular weight excluding hydrogens is 436 g/mol. The summed E-state index contributed by atoms with van der Waals surface area (Å²) in [6, 6.07) is 41.0. The lowest BCUT2D eigenvalue weighted by molar-refractivity contribution is 1.29. The smallest absolute Gasteiger partial charge is 0.0703 e. The molecule has 0 N–H and O–H groups in total. The highest BCUT2D eigenvalue weighted by molar-refractivity contribution is 6.23. The van der Waals surface area contributed by atoms with Crippen molar-refractivity contribution >= 4 is 32.3 Å². The molecular formula is C34H22N2. The van der Waals surface area contributed by atoms with Crippen LogP contribution in [0.1, 0.15) is 0 Å². The van der Waals surface area contributed by atoms with Gasteiger partial charge in [0, 0.05) is 29.7 Å². The number of rotatable bonds is 3. The molecule has 5 aromatic carbocycles. The van der Waals surface area contributed by atoms with E-state index in [0.29, 0.717) is 0 Å². The van der Waals surface area contributed by atoms with Crippen molar-refractivity contribution in [1.82, 2.24) is 9.97 Å². The number of hydrogen-bond donors (Lipinski definition) is 0. The highest BCUT2D eigenvalue weighted by atomic mass is 14.7. The first-order valence-electron chi connectivity index (χ1n) is 12.2. The number of pyridine rings is 2. The molecule has 0 atom stereocenters. The van der Waals surface area contributed by atoms with Crippen LogP contribution in [-0.4, -0.2) is 9.97 Å². The van der Waals surface area contributed by atoms with Gasteiger partial charge in [0.05, 0.1) is 5.69 Å². The molecule has 2 heterocycles. The second kappa shape index (κ2) is 8.44. The Bertz CT molecular complexity index is 1810. The van der Waals surface area contributed by atoms with E-state index in [1.807, 2.05) is 18.3 Å². The van der Waals surface area contributed by atoms with Crippen molar-refractivity contribution in [2.24, 2.45) is 0 Å². The van der Waals surface area contributed by atoms with E-state index in [-0.39, 0.29) is 0 Å². The Hall–Kier alpha value is -4.82. The van der Waals surface area contributed by atoms with Crippen LogP contribution in [0.2, 0.25) is 0 Å². The number of aromatic nitrogens is 2. The van der Waals surface area contributed by atoms with Gasteiger partial charge in [-0.3, -0.25) is 9.97 Å². The number of benzene rings is 5. The molecule has 0 aliphatic carbocycles. The molecule has 0 aliphatic heterocycles. The minimum absolute atomic E-state index is 0.946. The van der Waals surface area contributed by atoms with E-state index in [1.165, 1.54) is 49.0 Å². The van der Waals surface area contributed by atoms with Gasteiger partial charge in [-0.2, -0.15) is 0 Å². The largest absolute Gasteiger partial charge is 0.265 e. The molecule has 36 heavy (non-hydrogen) atoms. The molecule has 7 rings (SSSR count).